The summed E-state index contributed by atoms with van der Waals surface area (Å²) in [7, 11) is 2.02. The summed E-state index contributed by atoms with van der Waals surface area (Å²) >= 11 is 0. The third kappa shape index (κ3) is 4.52. The van der Waals surface area contributed by atoms with E-state index in [-0.39, 0.29) is 0 Å². The molecule has 6 heteroatoms. The van der Waals surface area contributed by atoms with Crippen molar-refractivity contribution >= 4 is 17.0 Å². The molecule has 0 amide bonds. The summed E-state index contributed by atoms with van der Waals surface area (Å²) in [5.41, 5.74) is 8.88. The first kappa shape index (κ1) is 21.3. The highest BCUT2D eigenvalue weighted by atomic mass is 16.5. The van der Waals surface area contributed by atoms with E-state index in [4.69, 9.17) is 9.72 Å². The summed E-state index contributed by atoms with van der Waals surface area (Å²) in [6.45, 7) is 10.4. The average Bonchev–Trinajstić information content (AvgIpc) is 3.29. The number of morpholine rings is 1. The maximum absolute atomic E-state index is 5.49. The van der Waals surface area contributed by atoms with Gasteiger partial charge in [-0.2, -0.15) is 0 Å². The van der Waals surface area contributed by atoms with Gasteiger partial charge >= 0.3 is 0 Å². The molecule has 1 aromatic carbocycles. The second kappa shape index (κ2) is 9.16. The Balaban J connectivity index is 1.31. The molecule has 1 saturated heterocycles. The Morgan fingerprint density at radius 1 is 1.06 bits per heavy atom. The molecule has 1 fully saturated rings. The molecular weight excluding hydrogens is 410 g/mol. The molecule has 0 N–H and O–H groups in total. The number of hydrogen-bond donors (Lipinski definition) is 0. The summed E-state index contributed by atoms with van der Waals surface area (Å²) in [5, 5.41) is 0. The van der Waals surface area contributed by atoms with E-state index in [1.165, 1.54) is 16.7 Å². The monoisotopic (exact) mass is 439 g/mol. The van der Waals surface area contributed by atoms with Gasteiger partial charge in [0, 0.05) is 56.6 Å². The lowest BCUT2D eigenvalue weighted by Crippen LogP contribution is -2.36. The Morgan fingerprint density at radius 3 is 2.52 bits per heavy atom. The van der Waals surface area contributed by atoms with Gasteiger partial charge in [0.25, 0.3) is 0 Å². The number of allylic oxidation sites excluding steroid dienone is 1. The van der Waals surface area contributed by atoms with Crippen molar-refractivity contribution in [3.63, 3.8) is 0 Å². The number of nitrogens with zero attached hydrogens (tertiary/aromatic N) is 5. The second-order valence-electron chi connectivity index (χ2n) is 8.69. The number of fused-ring (bicyclic) bond motifs is 1. The van der Waals surface area contributed by atoms with Crippen molar-refractivity contribution in [2.75, 3.05) is 38.3 Å². The van der Waals surface area contributed by atoms with Gasteiger partial charge in [0.2, 0.25) is 0 Å². The standard InChI is InChI=1S/C27H29N5O/c1-19-4-6-21(7-5-19)18-31(3)20(2)27-29-15-22(16-30-27)24-8-9-26-25(24)14-23(17-28-26)32-10-12-33-13-11-32/h4-8,14-17H,2,9-13,18H2,1,3H3. The summed E-state index contributed by atoms with van der Waals surface area (Å²) in [5.74, 6) is 0.646. The molecule has 33 heavy (non-hydrogen) atoms. The van der Waals surface area contributed by atoms with E-state index in [1.54, 1.807) is 0 Å². The third-order valence-electron chi connectivity index (χ3n) is 6.34. The molecular formula is C27H29N5O. The van der Waals surface area contributed by atoms with Gasteiger partial charge < -0.3 is 14.5 Å². The molecule has 2 aliphatic rings. The van der Waals surface area contributed by atoms with Crippen LogP contribution in [0.5, 0.6) is 0 Å². The molecule has 5 rings (SSSR count). The van der Waals surface area contributed by atoms with Crippen LogP contribution in [-0.2, 0) is 17.7 Å². The van der Waals surface area contributed by atoms with Gasteiger partial charge in [-0.1, -0.05) is 42.5 Å². The zero-order chi connectivity index (χ0) is 22.8. The van der Waals surface area contributed by atoms with Crippen LogP contribution in [0, 0.1) is 6.92 Å². The van der Waals surface area contributed by atoms with Crippen LogP contribution in [-0.4, -0.2) is 53.2 Å². The van der Waals surface area contributed by atoms with E-state index in [0.29, 0.717) is 5.82 Å². The molecule has 0 unspecified atom stereocenters. The van der Waals surface area contributed by atoms with Crippen LogP contribution in [0.2, 0.25) is 0 Å². The number of anilines is 1. The van der Waals surface area contributed by atoms with Crippen LogP contribution in [0.4, 0.5) is 5.69 Å². The Bertz CT molecular complexity index is 1180. The number of aromatic nitrogens is 3. The lowest BCUT2D eigenvalue weighted by molar-refractivity contribution is 0.122. The minimum atomic E-state index is 0.646. The van der Waals surface area contributed by atoms with Crippen molar-refractivity contribution in [2.24, 2.45) is 0 Å². The zero-order valence-corrected chi connectivity index (χ0v) is 19.3. The summed E-state index contributed by atoms with van der Waals surface area (Å²) in [6, 6.07) is 10.8. The van der Waals surface area contributed by atoms with E-state index >= 15 is 0 Å². The topological polar surface area (TPSA) is 54.4 Å². The Morgan fingerprint density at radius 2 is 1.79 bits per heavy atom. The molecule has 0 atom stereocenters. The van der Waals surface area contributed by atoms with Crippen LogP contribution >= 0.6 is 0 Å². The number of hydrogen-bond acceptors (Lipinski definition) is 6. The van der Waals surface area contributed by atoms with Crippen LogP contribution in [0.25, 0.3) is 11.3 Å². The molecule has 3 heterocycles. The van der Waals surface area contributed by atoms with Gasteiger partial charge in [0.15, 0.2) is 5.82 Å². The van der Waals surface area contributed by atoms with E-state index < -0.39 is 0 Å². The fourth-order valence-corrected chi connectivity index (χ4v) is 4.30. The number of ether oxygens (including phenoxy) is 1. The number of aryl methyl sites for hydroxylation is 1. The fraction of sp³-hybridized carbons (Fsp3) is 0.296. The molecule has 0 radical (unpaired) electrons. The van der Waals surface area contributed by atoms with Crippen LogP contribution in [0.15, 0.2) is 61.6 Å². The number of benzene rings is 1. The van der Waals surface area contributed by atoms with Gasteiger partial charge in [0.05, 0.1) is 36.5 Å². The highest BCUT2D eigenvalue weighted by Crippen LogP contribution is 2.34. The van der Waals surface area contributed by atoms with Crippen molar-refractivity contribution in [3.8, 4) is 0 Å². The molecule has 0 saturated carbocycles. The predicted octanol–water partition coefficient (Wildman–Crippen LogP) is 4.11. The number of rotatable bonds is 6. The molecule has 0 bridgehead atoms. The van der Waals surface area contributed by atoms with E-state index in [2.05, 4.69) is 69.7 Å². The first-order valence-corrected chi connectivity index (χ1v) is 11.4. The lowest BCUT2D eigenvalue weighted by atomic mass is 10.0. The van der Waals surface area contributed by atoms with Crippen molar-refractivity contribution in [1.82, 2.24) is 19.9 Å². The van der Waals surface area contributed by atoms with Crippen molar-refractivity contribution in [2.45, 2.75) is 19.9 Å². The molecule has 2 aromatic heterocycles. The van der Waals surface area contributed by atoms with E-state index in [1.807, 2.05) is 25.6 Å². The summed E-state index contributed by atoms with van der Waals surface area (Å²) in [4.78, 5) is 18.4. The predicted molar refractivity (Wildman–Crippen MR) is 132 cm³/mol. The lowest BCUT2D eigenvalue weighted by Gasteiger charge is -2.29. The third-order valence-corrected chi connectivity index (χ3v) is 6.34. The molecule has 168 valence electrons. The smallest absolute Gasteiger partial charge is 0.175 e. The van der Waals surface area contributed by atoms with Crippen LogP contribution in [0.1, 0.15) is 33.8 Å². The Kier molecular flexibility index (Phi) is 5.92. The largest absolute Gasteiger partial charge is 0.378 e. The van der Waals surface area contributed by atoms with Gasteiger partial charge in [-0.3, -0.25) is 4.98 Å². The van der Waals surface area contributed by atoms with Crippen molar-refractivity contribution < 1.29 is 4.74 Å². The van der Waals surface area contributed by atoms with Crippen LogP contribution < -0.4 is 4.90 Å². The highest BCUT2D eigenvalue weighted by Gasteiger charge is 2.21. The van der Waals surface area contributed by atoms with E-state index in [9.17, 15) is 0 Å². The van der Waals surface area contributed by atoms with Gasteiger partial charge in [-0.05, 0) is 24.1 Å². The average molecular weight is 440 g/mol. The first-order chi connectivity index (χ1) is 16.1. The molecule has 3 aromatic rings. The molecule has 0 spiro atoms. The quantitative estimate of drug-likeness (QED) is 0.576. The fourth-order valence-electron chi connectivity index (χ4n) is 4.30. The van der Waals surface area contributed by atoms with Crippen LogP contribution in [0.3, 0.4) is 0 Å². The maximum Gasteiger partial charge on any atom is 0.175 e. The van der Waals surface area contributed by atoms with Gasteiger partial charge in [0.1, 0.15) is 0 Å². The molecule has 1 aliphatic carbocycles. The first-order valence-electron chi connectivity index (χ1n) is 11.4. The maximum atomic E-state index is 5.49. The normalized spacial score (nSPS) is 15.2. The van der Waals surface area contributed by atoms with Gasteiger partial charge in [-0.25, -0.2) is 9.97 Å². The minimum Gasteiger partial charge on any atom is -0.378 e. The summed E-state index contributed by atoms with van der Waals surface area (Å²) < 4.78 is 5.49. The van der Waals surface area contributed by atoms with Crippen molar-refractivity contribution in [1.29, 1.82) is 0 Å². The number of pyridine rings is 1. The Hall–Kier alpha value is -3.51. The Labute approximate surface area is 195 Å². The SMILES string of the molecule is C=C(c1ncc(C2=CCc3ncc(N4CCOCC4)cc32)cn1)N(C)Cc1ccc(C)cc1. The second-order valence-corrected chi connectivity index (χ2v) is 8.69. The van der Waals surface area contributed by atoms with E-state index in [0.717, 1.165) is 67.5 Å². The minimum absolute atomic E-state index is 0.646. The molecule has 1 aliphatic heterocycles. The van der Waals surface area contributed by atoms with Gasteiger partial charge in [-0.15, -0.1) is 0 Å². The summed E-state index contributed by atoms with van der Waals surface area (Å²) in [6.07, 6.45) is 8.83. The van der Waals surface area contributed by atoms with Crippen molar-refractivity contribution in [3.05, 3.63) is 95.3 Å². The molecule has 6 nitrogen and oxygen atoms in total. The highest BCUT2D eigenvalue weighted by molar-refractivity contribution is 5.84. The zero-order valence-electron chi connectivity index (χ0n) is 19.3.